The lowest BCUT2D eigenvalue weighted by Crippen LogP contribution is -2.38. The fourth-order valence-corrected chi connectivity index (χ4v) is 2.11. The van der Waals surface area contributed by atoms with Crippen LogP contribution < -0.4 is 0 Å². The van der Waals surface area contributed by atoms with Gasteiger partial charge in [-0.1, -0.05) is 16.1 Å². The lowest BCUT2D eigenvalue weighted by Gasteiger charge is -2.27. The molecule has 17 heavy (non-hydrogen) atoms. The molecule has 1 rings (SSSR count). The van der Waals surface area contributed by atoms with Crippen LogP contribution in [0.2, 0.25) is 4.34 Å². The van der Waals surface area contributed by atoms with Gasteiger partial charge in [-0.05, 0) is 6.92 Å². The van der Waals surface area contributed by atoms with Gasteiger partial charge in [0.25, 0.3) is 0 Å². The van der Waals surface area contributed by atoms with Gasteiger partial charge >= 0.3 is 0 Å². The summed E-state index contributed by atoms with van der Waals surface area (Å²) >= 11 is 7.21. The quantitative estimate of drug-likeness (QED) is 0.724. The SMILES string of the molecule is COCCN(Cc1nnsc1Cl)C(C)COC. The van der Waals surface area contributed by atoms with E-state index in [1.54, 1.807) is 14.2 Å². The van der Waals surface area contributed by atoms with Crippen LogP contribution in [0.3, 0.4) is 0 Å². The number of methoxy groups -OCH3 is 2. The van der Waals surface area contributed by atoms with Crippen LogP contribution in [0.25, 0.3) is 0 Å². The first-order valence-corrected chi connectivity index (χ1v) is 6.52. The van der Waals surface area contributed by atoms with Crippen molar-refractivity contribution < 1.29 is 9.47 Å². The van der Waals surface area contributed by atoms with Gasteiger partial charge in [-0.3, -0.25) is 4.90 Å². The first-order valence-electron chi connectivity index (χ1n) is 5.37. The molecule has 0 aromatic carbocycles. The van der Waals surface area contributed by atoms with Crippen molar-refractivity contribution in [2.24, 2.45) is 0 Å². The molecule has 0 aliphatic rings. The Morgan fingerprint density at radius 3 is 2.71 bits per heavy atom. The third-order valence-corrected chi connectivity index (χ3v) is 3.46. The number of hydrogen-bond donors (Lipinski definition) is 0. The normalized spacial score (nSPS) is 13.2. The summed E-state index contributed by atoms with van der Waals surface area (Å²) in [5, 5.41) is 4.02. The molecule has 0 aliphatic carbocycles. The molecule has 0 saturated heterocycles. The molecule has 0 bridgehead atoms. The molecule has 0 spiro atoms. The standard InChI is InChI=1S/C10H18ClN3O2S/c1-8(7-16-3)14(4-5-15-2)6-9-10(11)17-13-12-9/h8H,4-7H2,1-3H3. The van der Waals surface area contributed by atoms with Crippen molar-refractivity contribution in [1.29, 1.82) is 0 Å². The number of nitrogens with zero attached hydrogens (tertiary/aromatic N) is 3. The second kappa shape index (κ2) is 7.94. The van der Waals surface area contributed by atoms with Crippen LogP contribution in [0.4, 0.5) is 0 Å². The summed E-state index contributed by atoms with van der Waals surface area (Å²) in [7, 11) is 3.39. The predicted octanol–water partition coefficient (Wildman–Crippen LogP) is 1.67. The van der Waals surface area contributed by atoms with E-state index in [1.165, 1.54) is 11.5 Å². The number of halogens is 1. The maximum atomic E-state index is 6.00. The Bertz CT molecular complexity index is 324. The van der Waals surface area contributed by atoms with Crippen LogP contribution in [0.1, 0.15) is 12.6 Å². The summed E-state index contributed by atoms with van der Waals surface area (Å²) in [4.78, 5) is 2.22. The minimum Gasteiger partial charge on any atom is -0.383 e. The number of aromatic nitrogens is 2. The average Bonchev–Trinajstić information content (AvgIpc) is 2.70. The summed E-state index contributed by atoms with van der Waals surface area (Å²) in [6, 6.07) is 0.285. The van der Waals surface area contributed by atoms with Crippen molar-refractivity contribution in [3.8, 4) is 0 Å². The Kier molecular flexibility index (Phi) is 6.91. The Morgan fingerprint density at radius 1 is 1.41 bits per heavy atom. The van der Waals surface area contributed by atoms with Gasteiger partial charge in [0.2, 0.25) is 0 Å². The highest BCUT2D eigenvalue weighted by Gasteiger charge is 2.17. The van der Waals surface area contributed by atoms with E-state index in [2.05, 4.69) is 21.4 Å². The molecule has 0 fully saturated rings. The highest BCUT2D eigenvalue weighted by Crippen LogP contribution is 2.19. The van der Waals surface area contributed by atoms with E-state index in [9.17, 15) is 0 Å². The van der Waals surface area contributed by atoms with Crippen LogP contribution >= 0.6 is 23.1 Å². The number of hydrogen-bond acceptors (Lipinski definition) is 6. The van der Waals surface area contributed by atoms with E-state index in [-0.39, 0.29) is 6.04 Å². The predicted molar refractivity (Wildman–Crippen MR) is 68.5 cm³/mol. The highest BCUT2D eigenvalue weighted by atomic mass is 35.5. The first-order chi connectivity index (χ1) is 8.19. The van der Waals surface area contributed by atoms with E-state index in [1.807, 2.05) is 0 Å². The zero-order chi connectivity index (χ0) is 12.7. The maximum absolute atomic E-state index is 6.00. The van der Waals surface area contributed by atoms with Gasteiger partial charge in [0.1, 0.15) is 10.0 Å². The third kappa shape index (κ3) is 4.85. The Hall–Kier alpha value is -0.270. The lowest BCUT2D eigenvalue weighted by atomic mass is 10.2. The van der Waals surface area contributed by atoms with E-state index >= 15 is 0 Å². The van der Waals surface area contributed by atoms with Crippen LogP contribution in [-0.4, -0.2) is 54.5 Å². The van der Waals surface area contributed by atoms with Gasteiger partial charge in [-0.2, -0.15) is 0 Å². The molecule has 1 atom stereocenters. The summed E-state index contributed by atoms with van der Waals surface area (Å²) in [6.45, 7) is 4.92. The molecule has 5 nitrogen and oxygen atoms in total. The average molecular weight is 280 g/mol. The third-order valence-electron chi connectivity index (χ3n) is 2.48. The molecule has 7 heteroatoms. The van der Waals surface area contributed by atoms with Crippen LogP contribution in [0, 0.1) is 0 Å². The van der Waals surface area contributed by atoms with Crippen molar-refractivity contribution in [2.75, 3.05) is 34.0 Å². The van der Waals surface area contributed by atoms with Crippen LogP contribution in [0.5, 0.6) is 0 Å². The first kappa shape index (κ1) is 14.8. The van der Waals surface area contributed by atoms with Gasteiger partial charge in [0, 0.05) is 44.9 Å². The van der Waals surface area contributed by atoms with Gasteiger partial charge in [-0.15, -0.1) is 5.10 Å². The van der Waals surface area contributed by atoms with E-state index < -0.39 is 0 Å². The minimum absolute atomic E-state index is 0.285. The second-order valence-electron chi connectivity index (χ2n) is 3.76. The van der Waals surface area contributed by atoms with E-state index in [0.29, 0.717) is 24.1 Å². The summed E-state index contributed by atoms with van der Waals surface area (Å²) in [5.41, 5.74) is 0.815. The molecule has 1 heterocycles. The largest absolute Gasteiger partial charge is 0.383 e. The molecule has 0 saturated carbocycles. The molecular weight excluding hydrogens is 262 g/mol. The molecule has 0 aliphatic heterocycles. The smallest absolute Gasteiger partial charge is 0.138 e. The van der Waals surface area contributed by atoms with E-state index in [4.69, 9.17) is 21.1 Å². The molecule has 1 aromatic heterocycles. The van der Waals surface area contributed by atoms with Gasteiger partial charge in [0.05, 0.1) is 13.2 Å². The zero-order valence-electron chi connectivity index (χ0n) is 10.4. The molecule has 0 N–H and O–H groups in total. The van der Waals surface area contributed by atoms with Gasteiger partial charge in [0.15, 0.2) is 0 Å². The van der Waals surface area contributed by atoms with E-state index in [0.717, 1.165) is 12.2 Å². The summed E-state index contributed by atoms with van der Waals surface area (Å²) in [5.74, 6) is 0. The molecule has 1 aromatic rings. The molecule has 98 valence electrons. The van der Waals surface area contributed by atoms with Crippen molar-refractivity contribution >= 4 is 23.1 Å². The lowest BCUT2D eigenvalue weighted by molar-refractivity contribution is 0.0698. The number of ether oxygens (including phenoxy) is 2. The fourth-order valence-electron chi connectivity index (χ4n) is 1.49. The van der Waals surface area contributed by atoms with Crippen molar-refractivity contribution in [2.45, 2.75) is 19.5 Å². The molecule has 0 radical (unpaired) electrons. The molecule has 0 amide bonds. The second-order valence-corrected chi connectivity index (χ2v) is 5.12. The zero-order valence-corrected chi connectivity index (χ0v) is 11.9. The molecular formula is C10H18ClN3O2S. The van der Waals surface area contributed by atoms with Crippen LogP contribution in [-0.2, 0) is 16.0 Å². The van der Waals surface area contributed by atoms with Crippen molar-refractivity contribution in [3.63, 3.8) is 0 Å². The Balaban J connectivity index is 2.59. The van der Waals surface area contributed by atoms with Crippen molar-refractivity contribution in [3.05, 3.63) is 10.0 Å². The minimum atomic E-state index is 0.285. The summed E-state index contributed by atoms with van der Waals surface area (Å²) < 4.78 is 14.7. The van der Waals surface area contributed by atoms with Gasteiger partial charge < -0.3 is 9.47 Å². The van der Waals surface area contributed by atoms with Crippen LogP contribution in [0.15, 0.2) is 0 Å². The maximum Gasteiger partial charge on any atom is 0.138 e. The summed E-state index contributed by atoms with van der Waals surface area (Å²) in [6.07, 6.45) is 0. The topological polar surface area (TPSA) is 47.5 Å². The Morgan fingerprint density at radius 2 is 2.18 bits per heavy atom. The fraction of sp³-hybridized carbons (Fsp3) is 0.800. The molecule has 1 unspecified atom stereocenters. The number of rotatable bonds is 8. The highest BCUT2D eigenvalue weighted by molar-refractivity contribution is 7.10. The van der Waals surface area contributed by atoms with Crippen molar-refractivity contribution in [1.82, 2.24) is 14.5 Å². The monoisotopic (exact) mass is 279 g/mol. The Labute approximate surface area is 111 Å². The van der Waals surface area contributed by atoms with Gasteiger partial charge in [-0.25, -0.2) is 0 Å².